The lowest BCUT2D eigenvalue weighted by atomic mass is 10.1. The van der Waals surface area contributed by atoms with E-state index in [9.17, 15) is 5.11 Å². The molecule has 0 heterocycles. The molecule has 0 fully saturated rings. The van der Waals surface area contributed by atoms with E-state index in [1.54, 1.807) is 6.92 Å². The summed E-state index contributed by atoms with van der Waals surface area (Å²) in [4.78, 5) is 0. The van der Waals surface area contributed by atoms with Gasteiger partial charge in [-0.2, -0.15) is 0 Å². The highest BCUT2D eigenvalue weighted by atomic mass is 79.9. The summed E-state index contributed by atoms with van der Waals surface area (Å²) in [5.41, 5.74) is 2.12. The number of hydrogen-bond donors (Lipinski definition) is 1. The van der Waals surface area contributed by atoms with E-state index in [2.05, 4.69) is 15.9 Å². The van der Waals surface area contributed by atoms with Crippen molar-refractivity contribution in [1.29, 1.82) is 0 Å². The molecule has 0 saturated carbocycles. The van der Waals surface area contributed by atoms with Crippen molar-refractivity contribution in [3.63, 3.8) is 0 Å². The molecule has 0 saturated heterocycles. The fourth-order valence-electron chi connectivity index (χ4n) is 1.01. The van der Waals surface area contributed by atoms with Crippen LogP contribution in [-0.2, 0) is 0 Å². The Morgan fingerprint density at radius 2 is 2.00 bits per heavy atom. The molecule has 0 unspecified atom stereocenters. The molecule has 2 heteroatoms. The molecule has 0 radical (unpaired) electrons. The highest BCUT2D eigenvalue weighted by Gasteiger charge is 2.01. The Hall–Kier alpha value is -0.340. The number of aliphatic hydroxyl groups is 1. The summed E-state index contributed by atoms with van der Waals surface area (Å²) in [5, 5.41) is 9.25. The zero-order chi connectivity index (χ0) is 8.43. The van der Waals surface area contributed by atoms with E-state index >= 15 is 0 Å². The largest absolute Gasteiger partial charge is 0.389 e. The monoisotopic (exact) mass is 214 g/mol. The average Bonchev–Trinajstić information content (AvgIpc) is 1.85. The second-order valence-electron chi connectivity index (χ2n) is 2.74. The van der Waals surface area contributed by atoms with Crippen molar-refractivity contribution in [2.75, 3.05) is 0 Å². The summed E-state index contributed by atoms with van der Waals surface area (Å²) in [6, 6.07) is 5.93. The van der Waals surface area contributed by atoms with E-state index in [-0.39, 0.29) is 6.10 Å². The van der Waals surface area contributed by atoms with Gasteiger partial charge in [0.2, 0.25) is 0 Å². The molecular weight excluding hydrogens is 204 g/mol. The van der Waals surface area contributed by atoms with Gasteiger partial charge in [-0.3, -0.25) is 0 Å². The van der Waals surface area contributed by atoms with Crippen LogP contribution in [0.25, 0.3) is 0 Å². The van der Waals surface area contributed by atoms with Crippen LogP contribution in [0, 0.1) is 6.92 Å². The van der Waals surface area contributed by atoms with Gasteiger partial charge in [0.1, 0.15) is 0 Å². The predicted octanol–water partition coefficient (Wildman–Crippen LogP) is 2.81. The highest BCUT2D eigenvalue weighted by Crippen LogP contribution is 2.19. The number of hydrogen-bond acceptors (Lipinski definition) is 1. The van der Waals surface area contributed by atoms with Crippen LogP contribution in [0.4, 0.5) is 0 Å². The van der Waals surface area contributed by atoms with Gasteiger partial charge in [-0.05, 0) is 37.1 Å². The van der Waals surface area contributed by atoms with E-state index < -0.39 is 0 Å². The summed E-state index contributed by atoms with van der Waals surface area (Å²) in [6.45, 7) is 3.78. The lowest BCUT2D eigenvalue weighted by Crippen LogP contribution is -1.91. The molecule has 1 aromatic rings. The molecule has 1 rings (SSSR count). The molecular formula is C9H11BrO. The summed E-state index contributed by atoms with van der Waals surface area (Å²) < 4.78 is 1.02. The van der Waals surface area contributed by atoms with Gasteiger partial charge >= 0.3 is 0 Å². The molecule has 0 spiro atoms. The molecule has 1 N–H and O–H groups in total. The minimum Gasteiger partial charge on any atom is -0.389 e. The molecule has 1 atom stereocenters. The van der Waals surface area contributed by atoms with Crippen LogP contribution in [0.3, 0.4) is 0 Å². The Bertz CT molecular complexity index is 235. The highest BCUT2D eigenvalue weighted by molar-refractivity contribution is 9.10. The molecule has 60 valence electrons. The number of aliphatic hydroxyl groups excluding tert-OH is 1. The van der Waals surface area contributed by atoms with Crippen molar-refractivity contribution < 1.29 is 5.11 Å². The second kappa shape index (κ2) is 3.37. The topological polar surface area (TPSA) is 20.2 Å². The first kappa shape index (κ1) is 8.75. The van der Waals surface area contributed by atoms with Gasteiger partial charge < -0.3 is 5.11 Å². The quantitative estimate of drug-likeness (QED) is 0.763. The van der Waals surface area contributed by atoms with Gasteiger partial charge in [0, 0.05) is 4.47 Å². The zero-order valence-electron chi connectivity index (χ0n) is 6.63. The first-order valence-electron chi connectivity index (χ1n) is 3.55. The van der Waals surface area contributed by atoms with Crippen LogP contribution in [-0.4, -0.2) is 5.11 Å². The fourth-order valence-corrected chi connectivity index (χ4v) is 1.63. The maximum Gasteiger partial charge on any atom is 0.0762 e. The molecule has 0 bridgehead atoms. The number of rotatable bonds is 1. The molecule has 1 nitrogen and oxygen atoms in total. The van der Waals surface area contributed by atoms with Crippen molar-refractivity contribution in [3.05, 3.63) is 33.8 Å². The van der Waals surface area contributed by atoms with Gasteiger partial charge in [-0.1, -0.05) is 22.0 Å². The second-order valence-corrected chi connectivity index (χ2v) is 3.65. The summed E-state index contributed by atoms with van der Waals surface area (Å²) in [6.07, 6.45) is -0.383. The van der Waals surface area contributed by atoms with Crippen molar-refractivity contribution in [2.24, 2.45) is 0 Å². The Labute approximate surface area is 75.2 Å². The van der Waals surface area contributed by atoms with Crippen molar-refractivity contribution >= 4 is 15.9 Å². The molecule has 0 amide bonds. The third-order valence-corrected chi connectivity index (χ3v) is 2.00. The Morgan fingerprint density at radius 3 is 2.45 bits per heavy atom. The van der Waals surface area contributed by atoms with E-state index in [0.717, 1.165) is 15.6 Å². The lowest BCUT2D eigenvalue weighted by molar-refractivity contribution is 0.199. The van der Waals surface area contributed by atoms with E-state index in [0.29, 0.717) is 0 Å². The molecule has 0 aliphatic heterocycles. The van der Waals surface area contributed by atoms with Crippen LogP contribution in [0.15, 0.2) is 22.7 Å². The molecule has 11 heavy (non-hydrogen) atoms. The van der Waals surface area contributed by atoms with Gasteiger partial charge in [-0.25, -0.2) is 0 Å². The third kappa shape index (κ3) is 2.31. The molecule has 0 aliphatic rings. The van der Waals surface area contributed by atoms with Crippen molar-refractivity contribution in [3.8, 4) is 0 Å². The lowest BCUT2D eigenvalue weighted by Gasteiger charge is -2.05. The number of halogens is 1. The summed E-state index contributed by atoms with van der Waals surface area (Å²) >= 11 is 3.37. The average molecular weight is 215 g/mol. The van der Waals surface area contributed by atoms with E-state index in [1.165, 1.54) is 0 Å². The fraction of sp³-hybridized carbons (Fsp3) is 0.333. The minimum absolute atomic E-state index is 0.383. The number of benzene rings is 1. The van der Waals surface area contributed by atoms with Crippen LogP contribution < -0.4 is 0 Å². The van der Waals surface area contributed by atoms with Gasteiger partial charge in [0.25, 0.3) is 0 Å². The Kier molecular flexibility index (Phi) is 2.68. The standard InChI is InChI=1S/C9H11BrO/c1-6-3-8(7(2)11)5-9(10)4-6/h3-5,7,11H,1-2H3/t7-/m1/s1. The number of aryl methyl sites for hydroxylation is 1. The Balaban J connectivity index is 3.08. The van der Waals surface area contributed by atoms with E-state index in [1.807, 2.05) is 25.1 Å². The Morgan fingerprint density at radius 1 is 1.36 bits per heavy atom. The van der Waals surface area contributed by atoms with E-state index in [4.69, 9.17) is 0 Å². The predicted molar refractivity (Wildman–Crippen MR) is 49.5 cm³/mol. The van der Waals surface area contributed by atoms with Crippen LogP contribution in [0.5, 0.6) is 0 Å². The van der Waals surface area contributed by atoms with Crippen molar-refractivity contribution in [2.45, 2.75) is 20.0 Å². The van der Waals surface area contributed by atoms with Crippen molar-refractivity contribution in [1.82, 2.24) is 0 Å². The van der Waals surface area contributed by atoms with Gasteiger partial charge in [0.05, 0.1) is 6.10 Å². The summed E-state index contributed by atoms with van der Waals surface area (Å²) in [7, 11) is 0. The molecule has 0 aromatic heterocycles. The molecule has 1 aromatic carbocycles. The normalized spacial score (nSPS) is 13.1. The first-order valence-corrected chi connectivity index (χ1v) is 4.34. The van der Waals surface area contributed by atoms with Gasteiger partial charge in [0.15, 0.2) is 0 Å². The smallest absolute Gasteiger partial charge is 0.0762 e. The third-order valence-electron chi connectivity index (χ3n) is 1.55. The zero-order valence-corrected chi connectivity index (χ0v) is 8.22. The SMILES string of the molecule is Cc1cc(Br)cc([C@@H](C)O)c1. The maximum absolute atomic E-state index is 9.25. The minimum atomic E-state index is -0.383. The maximum atomic E-state index is 9.25. The molecule has 0 aliphatic carbocycles. The van der Waals surface area contributed by atoms with Crippen LogP contribution in [0.2, 0.25) is 0 Å². The summed E-state index contributed by atoms with van der Waals surface area (Å²) in [5.74, 6) is 0. The van der Waals surface area contributed by atoms with Crippen LogP contribution in [0.1, 0.15) is 24.2 Å². The first-order chi connectivity index (χ1) is 5.09. The van der Waals surface area contributed by atoms with Gasteiger partial charge in [-0.15, -0.1) is 0 Å². The van der Waals surface area contributed by atoms with Crippen LogP contribution >= 0.6 is 15.9 Å².